The largest absolute Gasteiger partial charge is 0.487 e. The number of halogens is 12. The van der Waals surface area contributed by atoms with Gasteiger partial charge in [-0.3, -0.25) is 18.7 Å². The topological polar surface area (TPSA) is 264 Å². The summed E-state index contributed by atoms with van der Waals surface area (Å²) in [5, 5.41) is 31.0. The number of aromatic nitrogens is 16. The molecule has 0 unspecified atom stereocenters. The number of unbranched alkanes of at least 4 members (excludes halogenated alkanes) is 4. The van der Waals surface area contributed by atoms with Gasteiger partial charge < -0.3 is 36.6 Å². The Morgan fingerprint density at radius 1 is 0.243 bits per heavy atom. The van der Waals surface area contributed by atoms with E-state index in [1.807, 2.05) is 141 Å². The molecule has 8 aromatic heterocycles. The molecule has 0 saturated heterocycles. The van der Waals surface area contributed by atoms with E-state index in [0.717, 1.165) is 175 Å². The molecule has 0 bridgehead atoms. The van der Waals surface area contributed by atoms with Gasteiger partial charge in [0.25, 0.3) is 0 Å². The van der Waals surface area contributed by atoms with Crippen molar-refractivity contribution in [2.75, 3.05) is 0 Å². The number of aryl methyl sites for hydroxylation is 8. The fourth-order valence-electron chi connectivity index (χ4n) is 13.1. The van der Waals surface area contributed by atoms with E-state index in [0.29, 0.717) is 68.6 Å². The minimum Gasteiger partial charge on any atom is -0.487 e. The Labute approximate surface area is 773 Å². The van der Waals surface area contributed by atoms with Crippen LogP contribution >= 0.6 is 0 Å². The molecule has 0 amide bonds. The summed E-state index contributed by atoms with van der Waals surface area (Å²) in [5.41, 5.74) is 7.13. The minimum absolute atomic E-state index is 0.245. The molecule has 0 aliphatic carbocycles. The van der Waals surface area contributed by atoms with Crippen molar-refractivity contribution in [1.29, 1.82) is 0 Å². The smallest absolute Gasteiger partial charge is 0.416 e. The zero-order valence-electron chi connectivity index (χ0n) is 73.1. The Kier molecular flexibility index (Phi) is 35.5. The van der Waals surface area contributed by atoms with E-state index in [1.165, 1.54) is 95.8 Å². The van der Waals surface area contributed by atoms with Gasteiger partial charge in [-0.2, -0.15) is 52.7 Å². The van der Waals surface area contributed by atoms with Crippen molar-refractivity contribution in [1.82, 2.24) is 79.9 Å². The Balaban J connectivity index is 0.000000153. The Hall–Kier alpha value is -15.5. The first-order chi connectivity index (χ1) is 65.8. The SMILES string of the molecule is FC(F)(F)c1ccc(/C=C/c2nc(COc3ccc(CCCCn4ccnn4)cc3)co2)cc1.FC(F)(F)c1ccc(/C=C/c2nc(COc3ccc(CCCCn4ccnn4)cc3)co2)cc1.FC(F)(F)c1ccc(/C=C/c2nc(COc3ccc(CCCCn4ccnn4)cc3)co2)cc1.FC(F)(F)c1ccc(/C=C/c2nc(COc3ccc(CCCCn4ccnn4)cc3)co2)cc1. The second-order valence-electron chi connectivity index (χ2n) is 30.7. The lowest BCUT2D eigenvalue weighted by atomic mass is 10.1. The summed E-state index contributed by atoms with van der Waals surface area (Å²) >= 11 is 0. The Morgan fingerprint density at radius 2 is 0.441 bits per heavy atom. The molecule has 8 heterocycles. The molecule has 0 radical (unpaired) electrons. The Bertz CT molecular complexity index is 5500. The summed E-state index contributed by atoms with van der Waals surface area (Å²) in [6.45, 7) is 4.43. The third-order valence-corrected chi connectivity index (χ3v) is 20.4. The molecule has 8 aromatic carbocycles. The maximum absolute atomic E-state index is 12.6. The highest BCUT2D eigenvalue weighted by Gasteiger charge is 2.33. The number of nitrogens with zero attached hydrogens (tertiary/aromatic N) is 16. The van der Waals surface area contributed by atoms with Crippen molar-refractivity contribution >= 4 is 48.6 Å². The third-order valence-electron chi connectivity index (χ3n) is 20.4. The highest BCUT2D eigenvalue weighted by molar-refractivity contribution is 5.69. The summed E-state index contributed by atoms with van der Waals surface area (Å²) in [6, 6.07) is 51.3. The van der Waals surface area contributed by atoms with Crippen molar-refractivity contribution in [3.8, 4) is 23.0 Å². The van der Waals surface area contributed by atoms with Crippen LogP contribution < -0.4 is 18.9 Å². The number of hydrogen-bond acceptors (Lipinski definition) is 20. The van der Waals surface area contributed by atoms with Crippen LogP contribution in [0.5, 0.6) is 23.0 Å². The fourth-order valence-corrected chi connectivity index (χ4v) is 13.1. The third kappa shape index (κ3) is 33.6. The van der Waals surface area contributed by atoms with Gasteiger partial charge in [0.15, 0.2) is 0 Å². The fraction of sp³-hybridized carbons (Fsp3) is 0.240. The first-order valence-electron chi connectivity index (χ1n) is 43.2. The lowest BCUT2D eigenvalue weighted by molar-refractivity contribution is -0.138. The number of ether oxygens (including phenoxy) is 4. The van der Waals surface area contributed by atoms with E-state index in [1.54, 1.807) is 73.4 Å². The molecule has 136 heavy (non-hydrogen) atoms. The van der Waals surface area contributed by atoms with Crippen LogP contribution in [0, 0.1) is 0 Å². The van der Waals surface area contributed by atoms with E-state index in [4.69, 9.17) is 36.6 Å². The molecule has 0 aliphatic rings. The number of benzene rings is 8. The average molecular weight is 1870 g/mol. The standard InChI is InChI=1S/4C25H23F3N4O2/c4*26-25(27,28)21-9-4-20(5-10-21)8-13-24-30-22(18-34-24)17-33-23-11-6-19(7-12-23)3-1-2-15-32-16-14-29-31-32/h4*4-14,16,18H,1-3,15,17H2/b4*13-8+. The van der Waals surface area contributed by atoms with Crippen molar-refractivity contribution in [3.63, 3.8) is 0 Å². The molecule has 0 N–H and O–H groups in total. The quantitative estimate of drug-likeness (QED) is 0.0255. The summed E-state index contributed by atoms with van der Waals surface area (Å²) in [7, 11) is 0. The molecule has 16 rings (SSSR count). The van der Waals surface area contributed by atoms with Gasteiger partial charge in [-0.1, -0.05) is 118 Å². The average Bonchev–Trinajstić information content (AvgIpc) is 1.52. The van der Waals surface area contributed by atoms with Crippen LogP contribution in [0.4, 0.5) is 52.7 Å². The van der Waals surface area contributed by atoms with Gasteiger partial charge in [0, 0.05) is 75.3 Å². The molecule has 36 heteroatoms. The van der Waals surface area contributed by atoms with Crippen LogP contribution in [0.15, 0.2) is 286 Å². The summed E-state index contributed by atoms with van der Waals surface area (Å²) in [5.74, 6) is 4.32. The highest BCUT2D eigenvalue weighted by Crippen LogP contribution is 2.34. The monoisotopic (exact) mass is 1870 g/mol. The van der Waals surface area contributed by atoms with Crippen LogP contribution in [0.3, 0.4) is 0 Å². The highest BCUT2D eigenvalue weighted by atomic mass is 19.4. The summed E-state index contributed by atoms with van der Waals surface area (Å²) in [6.07, 6.45) is 28.0. The second kappa shape index (κ2) is 49.3. The van der Waals surface area contributed by atoms with E-state index < -0.39 is 47.0 Å². The van der Waals surface area contributed by atoms with Crippen molar-refractivity contribution in [3.05, 3.63) is 382 Å². The molecule has 0 fully saturated rings. The normalized spacial score (nSPS) is 11.9. The van der Waals surface area contributed by atoms with Crippen LogP contribution in [0.25, 0.3) is 48.6 Å². The lowest BCUT2D eigenvalue weighted by Gasteiger charge is -2.06. The second-order valence-corrected chi connectivity index (χ2v) is 30.7. The predicted molar refractivity (Wildman–Crippen MR) is 482 cm³/mol. The van der Waals surface area contributed by atoms with Crippen molar-refractivity contribution in [2.24, 2.45) is 0 Å². The molecule has 704 valence electrons. The van der Waals surface area contributed by atoms with Crippen LogP contribution in [-0.2, 0) is 103 Å². The number of oxazole rings is 4. The van der Waals surface area contributed by atoms with Crippen LogP contribution in [0.1, 0.15) is 164 Å². The van der Waals surface area contributed by atoms with E-state index in [2.05, 4.69) is 61.2 Å². The molecule has 0 atom stereocenters. The van der Waals surface area contributed by atoms with E-state index in [9.17, 15) is 52.7 Å². The van der Waals surface area contributed by atoms with Gasteiger partial charge in [-0.05, 0) is 243 Å². The molecular formula is C100H92F12N16O8. The predicted octanol–water partition coefficient (Wildman–Crippen LogP) is 24.2. The minimum atomic E-state index is -4.35. The number of rotatable bonds is 40. The maximum Gasteiger partial charge on any atom is 0.416 e. The molecule has 0 saturated carbocycles. The number of hydrogen-bond donors (Lipinski definition) is 0. The van der Waals surface area contributed by atoms with Gasteiger partial charge >= 0.3 is 24.7 Å². The molecule has 0 aliphatic heterocycles. The number of alkyl halides is 12. The zero-order valence-corrected chi connectivity index (χ0v) is 73.1. The van der Waals surface area contributed by atoms with Crippen molar-refractivity contribution < 1.29 is 89.3 Å². The van der Waals surface area contributed by atoms with Gasteiger partial charge in [-0.25, -0.2) is 19.9 Å². The molecular weight excluding hydrogens is 1780 g/mol. The molecule has 24 nitrogen and oxygen atoms in total. The van der Waals surface area contributed by atoms with E-state index in [-0.39, 0.29) is 26.4 Å². The van der Waals surface area contributed by atoms with E-state index >= 15 is 0 Å². The first kappa shape index (κ1) is 98.0. The molecule has 0 spiro atoms. The van der Waals surface area contributed by atoms with Gasteiger partial charge in [0.05, 0.1) is 47.0 Å². The van der Waals surface area contributed by atoms with Crippen molar-refractivity contribution in [2.45, 2.75) is 154 Å². The zero-order chi connectivity index (χ0) is 95.2. The maximum atomic E-state index is 12.6. The Morgan fingerprint density at radius 3 is 0.618 bits per heavy atom. The summed E-state index contributed by atoms with van der Waals surface area (Å²) in [4.78, 5) is 17.3. The van der Waals surface area contributed by atoms with Gasteiger partial charge in [0.1, 0.15) is 97.3 Å². The summed E-state index contributed by atoms with van der Waals surface area (Å²) < 4.78 is 204. The van der Waals surface area contributed by atoms with Gasteiger partial charge in [-0.15, -0.1) is 20.4 Å². The van der Waals surface area contributed by atoms with Gasteiger partial charge in [0.2, 0.25) is 23.6 Å². The lowest BCUT2D eigenvalue weighted by Crippen LogP contribution is -2.03. The van der Waals surface area contributed by atoms with Crippen LogP contribution in [0.2, 0.25) is 0 Å². The first-order valence-corrected chi connectivity index (χ1v) is 43.2. The van der Waals surface area contributed by atoms with Crippen LogP contribution in [-0.4, -0.2) is 79.9 Å². The molecule has 16 aromatic rings.